The van der Waals surface area contributed by atoms with Crippen LogP contribution in [0, 0.1) is 0 Å². The van der Waals surface area contributed by atoms with Crippen LogP contribution in [-0.4, -0.2) is 29.9 Å². The number of hydrogen-bond acceptors (Lipinski definition) is 6. The Morgan fingerprint density at radius 1 is 1.22 bits per heavy atom. The maximum Gasteiger partial charge on any atom is 0.187 e. The summed E-state index contributed by atoms with van der Waals surface area (Å²) in [7, 11) is 0. The van der Waals surface area contributed by atoms with Gasteiger partial charge in [0.15, 0.2) is 11.0 Å². The maximum absolute atomic E-state index is 6.01. The largest absolute Gasteiger partial charge is 0.337 e. The van der Waals surface area contributed by atoms with E-state index in [4.69, 9.17) is 5.84 Å². The van der Waals surface area contributed by atoms with Gasteiger partial charge in [0.25, 0.3) is 0 Å². The average Bonchev–Trinajstić information content (AvgIpc) is 3.18. The molecule has 2 N–H and O–H groups in total. The van der Waals surface area contributed by atoms with Crippen molar-refractivity contribution in [1.82, 2.24) is 29.9 Å². The molecule has 120 valence electrons. The zero-order valence-corrected chi connectivity index (χ0v) is 13.8. The highest BCUT2D eigenvalue weighted by Crippen LogP contribution is 2.24. The molecule has 3 rings (SSSR count). The van der Waals surface area contributed by atoms with Crippen molar-refractivity contribution in [2.24, 2.45) is 0 Å². The number of aryl methyl sites for hydroxylation is 1. The first-order chi connectivity index (χ1) is 11.3. The number of thioether (sulfide) groups is 1. The molecule has 0 spiro atoms. The summed E-state index contributed by atoms with van der Waals surface area (Å²) in [6.07, 6.45) is 4.00. The minimum atomic E-state index is 0.638. The lowest BCUT2D eigenvalue weighted by Gasteiger charge is -2.03. The molecule has 1 aromatic carbocycles. The molecule has 7 nitrogen and oxygen atoms in total. The third kappa shape index (κ3) is 3.70. The Bertz CT molecular complexity index is 750. The van der Waals surface area contributed by atoms with Crippen molar-refractivity contribution in [3.05, 3.63) is 42.4 Å². The van der Waals surface area contributed by atoms with Gasteiger partial charge in [-0.3, -0.25) is 0 Å². The fourth-order valence-corrected chi connectivity index (χ4v) is 3.00. The number of nitrogens with two attached hydrogens (primary N) is 1. The van der Waals surface area contributed by atoms with Gasteiger partial charge in [0.1, 0.15) is 0 Å². The number of hydrogen-bond donors (Lipinski definition) is 1. The zero-order chi connectivity index (χ0) is 16.1. The number of nitrogen functional groups attached to an aromatic ring is 1. The van der Waals surface area contributed by atoms with Crippen LogP contribution >= 0.6 is 11.8 Å². The molecule has 0 radical (unpaired) electrons. The van der Waals surface area contributed by atoms with E-state index in [0.29, 0.717) is 5.75 Å². The summed E-state index contributed by atoms with van der Waals surface area (Å²) < 4.78 is 3.39. The predicted octanol–water partition coefficient (Wildman–Crippen LogP) is 2.34. The van der Waals surface area contributed by atoms with E-state index < -0.39 is 0 Å². The van der Waals surface area contributed by atoms with E-state index in [2.05, 4.69) is 27.4 Å². The van der Waals surface area contributed by atoms with Gasteiger partial charge in [-0.25, -0.2) is 14.3 Å². The van der Waals surface area contributed by atoms with Gasteiger partial charge in [0.05, 0.1) is 17.6 Å². The summed E-state index contributed by atoms with van der Waals surface area (Å²) in [6.45, 7) is 2.99. The summed E-state index contributed by atoms with van der Waals surface area (Å²) in [4.78, 5) is 4.59. The van der Waals surface area contributed by atoms with Gasteiger partial charge in [-0.2, -0.15) is 0 Å². The number of nitrogens with zero attached hydrogens (tertiary/aromatic N) is 6. The lowest BCUT2D eigenvalue weighted by atomic mass is 10.2. The fraction of sp³-hybridized carbons (Fsp3) is 0.333. The highest BCUT2D eigenvalue weighted by molar-refractivity contribution is 7.98. The van der Waals surface area contributed by atoms with Crippen molar-refractivity contribution < 1.29 is 0 Å². The van der Waals surface area contributed by atoms with E-state index in [9.17, 15) is 0 Å². The highest BCUT2D eigenvalue weighted by Gasteiger charge is 2.11. The average molecular weight is 329 g/mol. The van der Waals surface area contributed by atoms with Crippen LogP contribution in [0.1, 0.15) is 25.6 Å². The molecule has 0 unspecified atom stereocenters. The molecule has 2 aromatic heterocycles. The van der Waals surface area contributed by atoms with Gasteiger partial charge in [-0.15, -0.1) is 5.10 Å². The molecular weight excluding hydrogens is 310 g/mol. The van der Waals surface area contributed by atoms with Crippen LogP contribution in [0.15, 0.2) is 41.7 Å². The number of benzene rings is 1. The lowest BCUT2D eigenvalue weighted by molar-refractivity contribution is 0.540. The number of imidazole rings is 1. The van der Waals surface area contributed by atoms with Gasteiger partial charge in [0, 0.05) is 12.1 Å². The smallest absolute Gasteiger partial charge is 0.187 e. The van der Waals surface area contributed by atoms with Crippen molar-refractivity contribution >= 4 is 11.8 Å². The van der Waals surface area contributed by atoms with Crippen LogP contribution in [0.3, 0.4) is 0 Å². The van der Waals surface area contributed by atoms with Crippen molar-refractivity contribution in [2.45, 2.75) is 37.2 Å². The van der Waals surface area contributed by atoms with Crippen LogP contribution in [0.4, 0.5) is 0 Å². The summed E-state index contributed by atoms with van der Waals surface area (Å²) in [6, 6.07) is 9.98. The molecule has 0 amide bonds. The standard InChI is InChI=1S/C15H19N7S/c1-2-3-9-22-14(18-19-20-22)11-23-15-17-13(10-21(15)16)12-7-5-4-6-8-12/h4-8,10H,2-3,9,11,16H2,1H3. The molecule has 0 aliphatic heterocycles. The molecule has 0 fully saturated rings. The molecule has 8 heteroatoms. The zero-order valence-electron chi connectivity index (χ0n) is 13.0. The minimum absolute atomic E-state index is 0.638. The van der Waals surface area contributed by atoms with Gasteiger partial charge in [0.2, 0.25) is 0 Å². The molecule has 0 bridgehead atoms. The van der Waals surface area contributed by atoms with E-state index >= 15 is 0 Å². The first-order valence-electron chi connectivity index (χ1n) is 7.55. The van der Waals surface area contributed by atoms with E-state index in [-0.39, 0.29) is 0 Å². The topological polar surface area (TPSA) is 87.4 Å². The van der Waals surface area contributed by atoms with Gasteiger partial charge < -0.3 is 5.84 Å². The van der Waals surface area contributed by atoms with Crippen molar-refractivity contribution in [3.8, 4) is 11.3 Å². The van der Waals surface area contributed by atoms with Crippen LogP contribution in [0.2, 0.25) is 0 Å². The molecule has 0 aliphatic rings. The van der Waals surface area contributed by atoms with E-state index in [1.54, 1.807) is 4.68 Å². The summed E-state index contributed by atoms with van der Waals surface area (Å²) in [5.74, 6) is 7.49. The number of unbranched alkanes of at least 4 members (excludes halogenated alkanes) is 1. The third-order valence-electron chi connectivity index (χ3n) is 3.43. The molecule has 0 aliphatic carbocycles. The minimum Gasteiger partial charge on any atom is -0.337 e. The van der Waals surface area contributed by atoms with E-state index in [1.165, 1.54) is 11.8 Å². The Morgan fingerprint density at radius 2 is 2.04 bits per heavy atom. The first kappa shape index (κ1) is 15.5. The molecule has 0 atom stereocenters. The van der Waals surface area contributed by atoms with Gasteiger partial charge in [-0.1, -0.05) is 55.4 Å². The number of aromatic nitrogens is 6. The highest BCUT2D eigenvalue weighted by atomic mass is 32.2. The first-order valence-corrected chi connectivity index (χ1v) is 8.54. The van der Waals surface area contributed by atoms with Crippen LogP contribution in [0.25, 0.3) is 11.3 Å². The van der Waals surface area contributed by atoms with Crippen LogP contribution < -0.4 is 5.84 Å². The van der Waals surface area contributed by atoms with E-state index in [0.717, 1.165) is 41.6 Å². The van der Waals surface area contributed by atoms with Gasteiger partial charge >= 0.3 is 0 Å². The summed E-state index contributed by atoms with van der Waals surface area (Å²) in [5.41, 5.74) is 1.91. The second kappa shape index (κ2) is 7.28. The second-order valence-corrected chi connectivity index (χ2v) is 6.08. The van der Waals surface area contributed by atoms with Gasteiger partial charge in [-0.05, 0) is 16.8 Å². The SMILES string of the molecule is CCCCn1nnnc1CSc1nc(-c2ccccc2)cn1N. The lowest BCUT2D eigenvalue weighted by Crippen LogP contribution is -2.09. The van der Waals surface area contributed by atoms with Crippen LogP contribution in [-0.2, 0) is 12.3 Å². The van der Waals surface area contributed by atoms with E-state index in [1.807, 2.05) is 41.2 Å². The third-order valence-corrected chi connectivity index (χ3v) is 4.39. The molecule has 0 saturated carbocycles. The Kier molecular flexibility index (Phi) is 4.92. The summed E-state index contributed by atoms with van der Waals surface area (Å²) >= 11 is 1.53. The Balaban J connectivity index is 1.69. The monoisotopic (exact) mass is 329 g/mol. The van der Waals surface area contributed by atoms with Crippen molar-refractivity contribution in [2.75, 3.05) is 5.84 Å². The Morgan fingerprint density at radius 3 is 2.83 bits per heavy atom. The van der Waals surface area contributed by atoms with Crippen molar-refractivity contribution in [1.29, 1.82) is 0 Å². The summed E-state index contributed by atoms with van der Waals surface area (Å²) in [5, 5.41) is 12.6. The molecular formula is C15H19N7S. The quantitative estimate of drug-likeness (QED) is 0.529. The fourth-order valence-electron chi connectivity index (χ4n) is 2.17. The molecule has 2 heterocycles. The second-order valence-electron chi connectivity index (χ2n) is 5.14. The molecule has 3 aromatic rings. The number of rotatable bonds is 7. The van der Waals surface area contributed by atoms with Crippen molar-refractivity contribution in [3.63, 3.8) is 0 Å². The molecule has 23 heavy (non-hydrogen) atoms. The Hall–Kier alpha value is -2.35. The normalized spacial score (nSPS) is 11.0. The number of tetrazole rings is 1. The molecule has 0 saturated heterocycles. The Labute approximate surface area is 138 Å². The predicted molar refractivity (Wildman–Crippen MR) is 90.1 cm³/mol. The van der Waals surface area contributed by atoms with Crippen LogP contribution in [0.5, 0.6) is 0 Å². The maximum atomic E-state index is 6.01.